The van der Waals surface area contributed by atoms with Gasteiger partial charge >= 0.3 is 18.1 Å². The van der Waals surface area contributed by atoms with Crippen LogP contribution >= 0.6 is 15.9 Å². The highest BCUT2D eigenvalue weighted by Crippen LogP contribution is 2.43. The molecular weight excluding hydrogens is 842 g/mol. The van der Waals surface area contributed by atoms with Gasteiger partial charge in [0.1, 0.15) is 17.7 Å². The average Bonchev–Trinajstić information content (AvgIpc) is 3.51. The van der Waals surface area contributed by atoms with E-state index in [4.69, 9.17) is 24.9 Å². The molecule has 1 aromatic carbocycles. The number of carbonyl (C=O) groups is 5. The van der Waals surface area contributed by atoms with Crippen LogP contribution in [-0.4, -0.2) is 81.6 Å². The summed E-state index contributed by atoms with van der Waals surface area (Å²) in [7, 11) is 0. The Bertz CT molecular complexity index is 2220. The molecule has 0 radical (unpaired) electrons. The van der Waals surface area contributed by atoms with Crippen molar-refractivity contribution >= 4 is 56.7 Å². The lowest BCUT2D eigenvalue weighted by Crippen LogP contribution is -2.56. The number of aliphatic hydroxyl groups excluding tert-OH is 1. The number of aliphatic hydroxyl groups is 1. The topological polar surface area (TPSA) is 242 Å². The Morgan fingerprint density at radius 2 is 1.80 bits per heavy atom. The highest BCUT2D eigenvalue weighted by Gasteiger charge is 2.50. The molecule has 0 aliphatic carbocycles. The van der Waals surface area contributed by atoms with Crippen LogP contribution in [0.4, 0.5) is 9.59 Å². The van der Waals surface area contributed by atoms with Crippen molar-refractivity contribution in [1.29, 1.82) is 0 Å². The number of primary amides is 1. The van der Waals surface area contributed by atoms with Crippen LogP contribution in [0.1, 0.15) is 97.8 Å². The van der Waals surface area contributed by atoms with Crippen molar-refractivity contribution in [2.24, 2.45) is 17.1 Å². The summed E-state index contributed by atoms with van der Waals surface area (Å²) in [6, 6.07) is 6.57. The number of nitrogens with two attached hydrogens (primary N) is 1. The molecule has 60 heavy (non-hydrogen) atoms. The third-order valence-electron chi connectivity index (χ3n) is 10.5. The van der Waals surface area contributed by atoms with Crippen LogP contribution < -0.4 is 32.6 Å². The molecule has 0 saturated heterocycles. The van der Waals surface area contributed by atoms with Gasteiger partial charge in [0.15, 0.2) is 11.9 Å². The van der Waals surface area contributed by atoms with E-state index in [2.05, 4.69) is 37.2 Å². The number of urea groups is 1. The molecule has 17 nitrogen and oxygen atoms in total. The number of ether oxygens (including phenoxy) is 3. The minimum atomic E-state index is -1.73. The summed E-state index contributed by atoms with van der Waals surface area (Å²) in [5, 5.41) is 22.8. The average molecular weight is 899 g/mol. The normalized spacial score (nSPS) is 18.1. The number of hydrogen-bond donors (Lipinski definition) is 6. The molecule has 0 saturated carbocycles. The number of benzene rings is 1. The van der Waals surface area contributed by atoms with Gasteiger partial charge in [-0.1, -0.05) is 56.6 Å². The van der Waals surface area contributed by atoms with E-state index in [1.807, 2.05) is 24.3 Å². The number of rotatable bonds is 15. The number of halogens is 1. The van der Waals surface area contributed by atoms with Gasteiger partial charge in [0.05, 0.1) is 42.0 Å². The van der Waals surface area contributed by atoms with Crippen molar-refractivity contribution < 1.29 is 43.3 Å². The molecule has 4 atom stereocenters. The summed E-state index contributed by atoms with van der Waals surface area (Å²) < 4.78 is 19.7. The molecule has 5 amide bonds. The molecule has 4 heterocycles. The van der Waals surface area contributed by atoms with E-state index in [1.165, 1.54) is 0 Å². The maximum atomic E-state index is 14.0. The van der Waals surface area contributed by atoms with E-state index in [1.54, 1.807) is 66.0 Å². The summed E-state index contributed by atoms with van der Waals surface area (Å²) in [4.78, 5) is 83.7. The summed E-state index contributed by atoms with van der Waals surface area (Å²) in [6.45, 7) is 14.0. The van der Waals surface area contributed by atoms with Gasteiger partial charge in [0.25, 0.3) is 5.56 Å². The van der Waals surface area contributed by atoms with Gasteiger partial charge in [0, 0.05) is 34.1 Å². The number of aromatic nitrogens is 2. The molecule has 0 bridgehead atoms. The Kier molecular flexibility index (Phi) is 14.0. The molecule has 3 aromatic rings. The first-order valence-corrected chi connectivity index (χ1v) is 20.8. The second-order valence-electron chi connectivity index (χ2n) is 17.4. The fraction of sp³-hybridized carbons (Fsp3) is 0.548. The SMILES string of the molecule is CC[C@]1(OC(=O)CC(C)(C)CNC(=O)[C@H](CCCNC(N)=O)NC(=O)[C@@H](NC(=O)OC(C)(C)C)C(C)C)c2cc3n(c(=O)c2COC1O)Cc1cc2c(Br)cccc2nc1-3. The first-order valence-electron chi connectivity index (χ1n) is 20.0. The molecule has 2 aliphatic rings. The number of nitrogens with zero attached hydrogens (tertiary/aromatic N) is 2. The van der Waals surface area contributed by atoms with E-state index in [0.717, 1.165) is 20.9 Å². The third kappa shape index (κ3) is 10.4. The van der Waals surface area contributed by atoms with Crippen molar-refractivity contribution in [3.8, 4) is 11.4 Å². The van der Waals surface area contributed by atoms with Crippen LogP contribution in [0.2, 0.25) is 0 Å². The third-order valence-corrected chi connectivity index (χ3v) is 11.2. The van der Waals surface area contributed by atoms with Crippen molar-refractivity contribution in [1.82, 2.24) is 30.8 Å². The first-order chi connectivity index (χ1) is 28.1. The number of nitrogens with one attached hydrogen (secondary N) is 4. The quantitative estimate of drug-likeness (QED) is 0.0730. The van der Waals surface area contributed by atoms with Gasteiger partial charge in [-0.2, -0.15) is 0 Å². The second-order valence-corrected chi connectivity index (χ2v) is 18.3. The second kappa shape index (κ2) is 18.3. The van der Waals surface area contributed by atoms with Gasteiger partial charge in [-0.15, -0.1) is 0 Å². The molecule has 7 N–H and O–H groups in total. The van der Waals surface area contributed by atoms with Crippen LogP contribution in [0.15, 0.2) is 39.6 Å². The lowest BCUT2D eigenvalue weighted by molar-refractivity contribution is -0.251. The summed E-state index contributed by atoms with van der Waals surface area (Å²) >= 11 is 3.58. The largest absolute Gasteiger partial charge is 0.449 e. The lowest BCUT2D eigenvalue weighted by Gasteiger charge is -2.41. The van der Waals surface area contributed by atoms with Crippen molar-refractivity contribution in [2.75, 3.05) is 13.1 Å². The molecule has 0 fully saturated rings. The van der Waals surface area contributed by atoms with Crippen LogP contribution in [0.25, 0.3) is 22.3 Å². The number of fused-ring (bicyclic) bond motifs is 5. The van der Waals surface area contributed by atoms with Gasteiger partial charge in [-0.05, 0) is 75.6 Å². The Hall–Kier alpha value is -5.07. The van der Waals surface area contributed by atoms with E-state index >= 15 is 0 Å². The number of carbonyl (C=O) groups excluding carboxylic acids is 5. The standard InChI is InChI=1S/C42H56BrN7O10/c1-9-42(26-17-30-33-23(16-24-27(43)12-10-13-28(24)47-33)19-50(30)36(54)25(26)20-58-37(42)55)59-31(51)18-41(7,8)21-46-34(52)29(14-11-15-45-38(44)56)48-35(53)32(22(2)3)49-39(57)60-40(4,5)6/h10,12-13,16-17,22,29,32,37,55H,9,11,14-15,18-21H2,1-8H3,(H,46,52)(H,48,53)(H,49,57)(H3,44,45,56)/t29-,32-,37?,42-/m0/s1. The van der Waals surface area contributed by atoms with Gasteiger partial charge in [0.2, 0.25) is 11.8 Å². The van der Waals surface area contributed by atoms with E-state index < -0.39 is 64.9 Å². The van der Waals surface area contributed by atoms with Crippen LogP contribution in [-0.2, 0) is 47.3 Å². The molecule has 2 aromatic heterocycles. The van der Waals surface area contributed by atoms with Crippen molar-refractivity contribution in [3.63, 3.8) is 0 Å². The molecule has 326 valence electrons. The maximum absolute atomic E-state index is 14.0. The lowest BCUT2D eigenvalue weighted by atomic mass is 9.84. The fourth-order valence-electron chi connectivity index (χ4n) is 7.41. The van der Waals surface area contributed by atoms with Gasteiger partial charge in [-0.3, -0.25) is 19.2 Å². The van der Waals surface area contributed by atoms with Gasteiger partial charge < -0.3 is 50.9 Å². The molecular formula is C42H56BrN7O10. The van der Waals surface area contributed by atoms with E-state index in [0.29, 0.717) is 23.5 Å². The number of pyridine rings is 2. The maximum Gasteiger partial charge on any atom is 0.408 e. The molecule has 0 spiro atoms. The Balaban J connectivity index is 1.31. The zero-order valence-corrected chi connectivity index (χ0v) is 36.9. The summed E-state index contributed by atoms with van der Waals surface area (Å²) in [6.07, 6.45) is -2.15. The highest BCUT2D eigenvalue weighted by molar-refractivity contribution is 9.10. The molecule has 2 aliphatic heterocycles. The minimum absolute atomic E-state index is 0.0350. The smallest absolute Gasteiger partial charge is 0.408 e. The van der Waals surface area contributed by atoms with Crippen molar-refractivity contribution in [2.45, 2.75) is 124 Å². The van der Waals surface area contributed by atoms with Crippen LogP contribution in [0.3, 0.4) is 0 Å². The molecule has 1 unspecified atom stereocenters. The van der Waals surface area contributed by atoms with Crippen LogP contribution in [0.5, 0.6) is 0 Å². The zero-order chi connectivity index (χ0) is 44.3. The van der Waals surface area contributed by atoms with E-state index in [-0.39, 0.29) is 62.4 Å². The molecule has 5 rings (SSSR count). The number of alkyl carbamates (subject to hydrolysis) is 1. The monoisotopic (exact) mass is 897 g/mol. The highest BCUT2D eigenvalue weighted by atomic mass is 79.9. The zero-order valence-electron chi connectivity index (χ0n) is 35.3. The summed E-state index contributed by atoms with van der Waals surface area (Å²) in [5.74, 6) is -2.27. The predicted octanol–water partition coefficient (Wildman–Crippen LogP) is 4.20. The Labute approximate surface area is 357 Å². The summed E-state index contributed by atoms with van der Waals surface area (Å²) in [5.41, 5.74) is 4.76. The fourth-order valence-corrected chi connectivity index (χ4v) is 7.88. The Morgan fingerprint density at radius 1 is 1.08 bits per heavy atom. The first kappa shape index (κ1) is 46.0. The predicted molar refractivity (Wildman–Crippen MR) is 225 cm³/mol. The number of hydrogen-bond acceptors (Lipinski definition) is 11. The van der Waals surface area contributed by atoms with Crippen molar-refractivity contribution in [3.05, 3.63) is 61.8 Å². The van der Waals surface area contributed by atoms with Crippen LogP contribution in [0, 0.1) is 11.3 Å². The van der Waals surface area contributed by atoms with E-state index in [9.17, 15) is 33.9 Å². The molecule has 18 heteroatoms. The Morgan fingerprint density at radius 3 is 2.45 bits per heavy atom. The number of amides is 5. The minimum Gasteiger partial charge on any atom is -0.449 e. The number of esters is 1. The van der Waals surface area contributed by atoms with Gasteiger partial charge in [-0.25, -0.2) is 14.6 Å².